The molecule has 4 nitrogen and oxygen atoms in total. The molecule has 138 valence electrons. The molecule has 0 fully saturated rings. The molecule has 0 aliphatic heterocycles. The number of benzene rings is 2. The predicted molar refractivity (Wildman–Crippen MR) is 109 cm³/mol. The fraction of sp³-hybridized carbons (Fsp3) is 0.0833. The van der Waals surface area contributed by atoms with Gasteiger partial charge in [0.05, 0.1) is 24.6 Å². The Morgan fingerprint density at radius 2 is 1.57 bits per heavy atom. The second kappa shape index (κ2) is 8.35. The number of nitrogens with zero attached hydrogens (tertiary/aromatic N) is 1. The van der Waals surface area contributed by atoms with Crippen LogP contribution in [0.1, 0.15) is 11.1 Å². The average molecular weight is 368 g/mol. The van der Waals surface area contributed by atoms with Crippen LogP contribution in [-0.2, 0) is 17.8 Å². The van der Waals surface area contributed by atoms with Crippen LogP contribution < -0.4 is 5.32 Å². The summed E-state index contributed by atoms with van der Waals surface area (Å²) in [5, 5.41) is 2.95. The summed E-state index contributed by atoms with van der Waals surface area (Å²) in [5.41, 5.74) is 6.06. The quantitative estimate of drug-likeness (QED) is 0.528. The van der Waals surface area contributed by atoms with Crippen molar-refractivity contribution < 1.29 is 9.21 Å². The molecule has 4 heteroatoms. The lowest BCUT2D eigenvalue weighted by molar-refractivity contribution is -0.120. The van der Waals surface area contributed by atoms with E-state index in [1.54, 1.807) is 18.7 Å². The zero-order chi connectivity index (χ0) is 19.2. The van der Waals surface area contributed by atoms with Crippen molar-refractivity contribution >= 4 is 5.91 Å². The highest BCUT2D eigenvalue weighted by atomic mass is 16.3. The Morgan fingerprint density at radius 3 is 2.25 bits per heavy atom. The molecule has 2 heterocycles. The van der Waals surface area contributed by atoms with E-state index < -0.39 is 0 Å². The number of nitrogens with one attached hydrogen (secondary N) is 1. The zero-order valence-electron chi connectivity index (χ0n) is 15.3. The van der Waals surface area contributed by atoms with E-state index in [2.05, 4.69) is 34.6 Å². The minimum Gasteiger partial charge on any atom is -0.472 e. The molecule has 0 spiro atoms. The monoisotopic (exact) mass is 368 g/mol. The molecule has 0 bridgehead atoms. The molecule has 0 unspecified atom stereocenters. The highest BCUT2D eigenvalue weighted by Crippen LogP contribution is 2.19. The van der Waals surface area contributed by atoms with Gasteiger partial charge < -0.3 is 9.73 Å². The van der Waals surface area contributed by atoms with E-state index in [9.17, 15) is 4.79 Å². The van der Waals surface area contributed by atoms with Crippen LogP contribution in [0.15, 0.2) is 95.9 Å². The molecule has 1 N–H and O–H groups in total. The summed E-state index contributed by atoms with van der Waals surface area (Å²) in [6.45, 7) is 0.458. The normalized spacial score (nSPS) is 10.6. The van der Waals surface area contributed by atoms with Gasteiger partial charge in [-0.15, -0.1) is 0 Å². The van der Waals surface area contributed by atoms with Crippen LogP contribution >= 0.6 is 0 Å². The molecule has 0 saturated heterocycles. The molecule has 0 aliphatic rings. The number of pyridine rings is 1. The SMILES string of the molecule is O=C(Cc1ccc(-c2ccccc2)cc1)NCc1ccc(-c2ccoc2)nc1. The molecule has 2 aromatic carbocycles. The van der Waals surface area contributed by atoms with Crippen molar-refractivity contribution in [2.24, 2.45) is 0 Å². The van der Waals surface area contributed by atoms with Crippen LogP contribution in [0.5, 0.6) is 0 Å². The van der Waals surface area contributed by atoms with Crippen molar-refractivity contribution in [3.8, 4) is 22.4 Å². The van der Waals surface area contributed by atoms with Crippen molar-refractivity contribution in [1.82, 2.24) is 10.3 Å². The fourth-order valence-corrected chi connectivity index (χ4v) is 3.00. The third kappa shape index (κ3) is 4.35. The van der Waals surface area contributed by atoms with Crippen LogP contribution in [-0.4, -0.2) is 10.9 Å². The Bertz CT molecular complexity index is 1020. The summed E-state index contributed by atoms with van der Waals surface area (Å²) in [6, 6.07) is 24.1. The first kappa shape index (κ1) is 17.7. The molecule has 0 atom stereocenters. The Balaban J connectivity index is 1.31. The molecule has 0 radical (unpaired) electrons. The highest BCUT2D eigenvalue weighted by Gasteiger charge is 2.06. The van der Waals surface area contributed by atoms with Gasteiger partial charge in [-0.05, 0) is 34.4 Å². The summed E-state index contributed by atoms with van der Waals surface area (Å²) < 4.78 is 5.07. The minimum atomic E-state index is -0.00799. The maximum atomic E-state index is 12.3. The first-order valence-corrected chi connectivity index (χ1v) is 9.16. The summed E-state index contributed by atoms with van der Waals surface area (Å²) in [4.78, 5) is 16.7. The molecule has 0 aliphatic carbocycles. The summed E-state index contributed by atoms with van der Waals surface area (Å²) in [7, 11) is 0. The van der Waals surface area contributed by atoms with Gasteiger partial charge in [-0.1, -0.05) is 60.7 Å². The van der Waals surface area contributed by atoms with E-state index in [-0.39, 0.29) is 5.91 Å². The fourth-order valence-electron chi connectivity index (χ4n) is 3.00. The Labute approximate surface area is 163 Å². The molecule has 4 aromatic rings. The number of furan rings is 1. The maximum absolute atomic E-state index is 12.3. The number of carbonyl (C=O) groups is 1. The van der Waals surface area contributed by atoms with Gasteiger partial charge in [0.25, 0.3) is 0 Å². The third-order valence-corrected chi connectivity index (χ3v) is 4.56. The summed E-state index contributed by atoms with van der Waals surface area (Å²) >= 11 is 0. The van der Waals surface area contributed by atoms with Crippen molar-refractivity contribution in [3.63, 3.8) is 0 Å². The number of rotatable bonds is 6. The van der Waals surface area contributed by atoms with Gasteiger partial charge in [-0.2, -0.15) is 0 Å². The van der Waals surface area contributed by atoms with E-state index in [0.717, 1.165) is 27.9 Å². The second-order valence-electron chi connectivity index (χ2n) is 6.58. The maximum Gasteiger partial charge on any atom is 0.224 e. The lowest BCUT2D eigenvalue weighted by Gasteiger charge is -2.07. The predicted octanol–water partition coefficient (Wildman–Crippen LogP) is 4.87. The Morgan fingerprint density at radius 1 is 0.821 bits per heavy atom. The van der Waals surface area contributed by atoms with Gasteiger partial charge in [0.2, 0.25) is 5.91 Å². The van der Waals surface area contributed by atoms with Crippen molar-refractivity contribution in [1.29, 1.82) is 0 Å². The first-order valence-electron chi connectivity index (χ1n) is 9.16. The number of amides is 1. The Kier molecular flexibility index (Phi) is 5.29. The topological polar surface area (TPSA) is 55.1 Å². The highest BCUT2D eigenvalue weighted by molar-refractivity contribution is 5.78. The number of hydrogen-bond donors (Lipinski definition) is 1. The minimum absolute atomic E-state index is 0.00799. The van der Waals surface area contributed by atoms with Crippen LogP contribution in [0.2, 0.25) is 0 Å². The van der Waals surface area contributed by atoms with Crippen LogP contribution in [0.25, 0.3) is 22.4 Å². The molecule has 2 aromatic heterocycles. The van der Waals surface area contributed by atoms with E-state index in [1.165, 1.54) is 5.56 Å². The lowest BCUT2D eigenvalue weighted by atomic mass is 10.0. The molecule has 28 heavy (non-hydrogen) atoms. The molecule has 1 amide bonds. The number of hydrogen-bond acceptors (Lipinski definition) is 3. The van der Waals surface area contributed by atoms with Gasteiger partial charge in [-0.3, -0.25) is 9.78 Å². The second-order valence-corrected chi connectivity index (χ2v) is 6.58. The molecular weight excluding hydrogens is 348 g/mol. The van der Waals surface area contributed by atoms with Gasteiger partial charge >= 0.3 is 0 Å². The smallest absolute Gasteiger partial charge is 0.224 e. The van der Waals surface area contributed by atoms with Crippen molar-refractivity contribution in [3.05, 3.63) is 103 Å². The lowest BCUT2D eigenvalue weighted by Crippen LogP contribution is -2.24. The van der Waals surface area contributed by atoms with E-state index in [1.807, 2.05) is 48.5 Å². The van der Waals surface area contributed by atoms with Crippen molar-refractivity contribution in [2.45, 2.75) is 13.0 Å². The van der Waals surface area contributed by atoms with E-state index >= 15 is 0 Å². The standard InChI is InChI=1S/C24H20N2O2/c27-24(14-18-6-9-21(10-7-18)20-4-2-1-3-5-20)26-16-19-8-11-23(25-15-19)22-12-13-28-17-22/h1-13,15,17H,14,16H2,(H,26,27). The largest absolute Gasteiger partial charge is 0.472 e. The van der Waals surface area contributed by atoms with Crippen LogP contribution in [0.4, 0.5) is 0 Å². The molecular formula is C24H20N2O2. The number of aromatic nitrogens is 1. The Hall–Kier alpha value is -3.66. The van der Waals surface area contributed by atoms with Crippen LogP contribution in [0, 0.1) is 0 Å². The molecule has 0 saturated carbocycles. The van der Waals surface area contributed by atoms with Gasteiger partial charge in [0, 0.05) is 18.3 Å². The van der Waals surface area contributed by atoms with Gasteiger partial charge in [0.1, 0.15) is 0 Å². The summed E-state index contributed by atoms with van der Waals surface area (Å²) in [5.74, 6) is -0.00799. The molecule has 4 rings (SSSR count). The zero-order valence-corrected chi connectivity index (χ0v) is 15.3. The van der Waals surface area contributed by atoms with Gasteiger partial charge in [-0.25, -0.2) is 0 Å². The van der Waals surface area contributed by atoms with Crippen LogP contribution in [0.3, 0.4) is 0 Å². The third-order valence-electron chi connectivity index (χ3n) is 4.56. The van der Waals surface area contributed by atoms with E-state index in [0.29, 0.717) is 13.0 Å². The average Bonchev–Trinajstić information content (AvgIpc) is 3.29. The van der Waals surface area contributed by atoms with Gasteiger partial charge in [0.15, 0.2) is 0 Å². The van der Waals surface area contributed by atoms with E-state index in [4.69, 9.17) is 4.42 Å². The number of carbonyl (C=O) groups excluding carboxylic acids is 1. The van der Waals surface area contributed by atoms with Crippen molar-refractivity contribution in [2.75, 3.05) is 0 Å². The first-order chi connectivity index (χ1) is 13.8. The summed E-state index contributed by atoms with van der Waals surface area (Å²) in [6.07, 6.45) is 5.41.